The van der Waals surface area contributed by atoms with Crippen LogP contribution in [0.3, 0.4) is 0 Å². The smallest absolute Gasteiger partial charge is 0.0782 e. The molecular formula is C61H55N3. The summed E-state index contributed by atoms with van der Waals surface area (Å²) in [5.74, 6) is 2.10. The lowest BCUT2D eigenvalue weighted by Crippen LogP contribution is -2.34. The van der Waals surface area contributed by atoms with Gasteiger partial charge in [0.2, 0.25) is 0 Å². The van der Waals surface area contributed by atoms with Gasteiger partial charge in [0.05, 0.1) is 16.7 Å². The molecule has 1 heterocycles. The van der Waals surface area contributed by atoms with E-state index in [0.717, 1.165) is 28.7 Å². The average molecular weight is 830 g/mol. The predicted molar refractivity (Wildman–Crippen MR) is 269 cm³/mol. The molecule has 0 saturated heterocycles. The molecule has 0 amide bonds. The highest BCUT2D eigenvalue weighted by molar-refractivity contribution is 6.14. The molecule has 3 aliphatic rings. The minimum Gasteiger partial charge on any atom is -0.311 e. The summed E-state index contributed by atoms with van der Waals surface area (Å²) >= 11 is 0. The molecule has 9 aromatic rings. The summed E-state index contributed by atoms with van der Waals surface area (Å²) in [7, 11) is 0. The fourth-order valence-corrected chi connectivity index (χ4v) is 12.4. The standard InChI is InChI=1S/C61H55N3/c1-5-16-45(17-6-1)46-29-36-53(37-30-46)62(50-18-7-2-8-19-50)54-38-32-47(33-39-54)61(43-44-28-31-49(61)42-44)48-34-40-55(41-35-48)63(51-20-9-3-10-21-51)59-27-15-25-57-56-24-13-14-26-58(56)64(60(57)59)52-22-11-4-12-23-52/h2-4,7-15,18-27,29-30,32-41,44-45,49H,1,5-6,16-17,28,31,42-43H2. The Morgan fingerprint density at radius 1 is 0.422 bits per heavy atom. The summed E-state index contributed by atoms with van der Waals surface area (Å²) in [4.78, 5) is 4.90. The van der Waals surface area contributed by atoms with Crippen molar-refractivity contribution in [1.82, 2.24) is 4.57 Å². The fraction of sp³-hybridized carbons (Fsp3) is 0.213. The van der Waals surface area contributed by atoms with Crippen molar-refractivity contribution in [1.29, 1.82) is 0 Å². The van der Waals surface area contributed by atoms with Crippen molar-refractivity contribution in [2.75, 3.05) is 9.80 Å². The molecule has 3 aliphatic carbocycles. The number of rotatable bonds is 10. The number of aromatic nitrogens is 1. The molecule has 3 unspecified atom stereocenters. The van der Waals surface area contributed by atoms with Gasteiger partial charge in [-0.25, -0.2) is 0 Å². The lowest BCUT2D eigenvalue weighted by atomic mass is 9.64. The van der Waals surface area contributed by atoms with Gasteiger partial charge in [-0.15, -0.1) is 0 Å². The van der Waals surface area contributed by atoms with Crippen LogP contribution in [-0.4, -0.2) is 4.57 Å². The highest BCUT2D eigenvalue weighted by Crippen LogP contribution is 2.60. The van der Waals surface area contributed by atoms with Crippen molar-refractivity contribution in [2.24, 2.45) is 11.8 Å². The molecule has 314 valence electrons. The number of para-hydroxylation sites is 5. The molecule has 0 N–H and O–H groups in total. The SMILES string of the molecule is c1ccc(N(c2ccc(C3CCCCC3)cc2)c2ccc(C3(c4ccc(N(c5ccccc5)c5cccc6c7ccccc7n(-c7ccccc7)c56)cc4)CC4CCC3C4)cc2)cc1. The molecule has 0 radical (unpaired) electrons. The van der Waals surface area contributed by atoms with Gasteiger partial charge in [-0.1, -0.05) is 147 Å². The van der Waals surface area contributed by atoms with Gasteiger partial charge in [0.1, 0.15) is 0 Å². The van der Waals surface area contributed by atoms with Crippen molar-refractivity contribution in [3.63, 3.8) is 0 Å². The Morgan fingerprint density at radius 2 is 0.953 bits per heavy atom. The third kappa shape index (κ3) is 6.64. The van der Waals surface area contributed by atoms with Crippen LogP contribution in [0.4, 0.5) is 34.1 Å². The Hall–Kier alpha value is -6.84. The Balaban J connectivity index is 0.939. The number of hydrogen-bond donors (Lipinski definition) is 0. The van der Waals surface area contributed by atoms with Crippen LogP contribution in [0.25, 0.3) is 27.5 Å². The van der Waals surface area contributed by atoms with E-state index in [-0.39, 0.29) is 5.41 Å². The van der Waals surface area contributed by atoms with E-state index in [2.05, 4.69) is 221 Å². The van der Waals surface area contributed by atoms with E-state index in [9.17, 15) is 0 Å². The molecule has 0 spiro atoms. The van der Waals surface area contributed by atoms with Crippen molar-refractivity contribution in [3.05, 3.63) is 223 Å². The number of nitrogens with zero attached hydrogens (tertiary/aromatic N) is 3. The Kier molecular flexibility index (Phi) is 9.93. The monoisotopic (exact) mass is 829 g/mol. The second-order valence-corrected chi connectivity index (χ2v) is 18.8. The van der Waals surface area contributed by atoms with Crippen LogP contribution < -0.4 is 9.80 Å². The maximum Gasteiger partial charge on any atom is 0.0782 e. The highest BCUT2D eigenvalue weighted by Gasteiger charge is 2.52. The molecule has 64 heavy (non-hydrogen) atoms. The number of hydrogen-bond acceptors (Lipinski definition) is 2. The van der Waals surface area contributed by atoms with Crippen LogP contribution in [0.5, 0.6) is 0 Å². The summed E-state index contributed by atoms with van der Waals surface area (Å²) in [6, 6.07) is 77.2. The van der Waals surface area contributed by atoms with E-state index in [4.69, 9.17) is 0 Å². The molecule has 3 saturated carbocycles. The van der Waals surface area contributed by atoms with Gasteiger partial charge in [0, 0.05) is 50.3 Å². The van der Waals surface area contributed by atoms with Crippen LogP contribution in [-0.2, 0) is 5.41 Å². The quantitative estimate of drug-likeness (QED) is 0.136. The summed E-state index contributed by atoms with van der Waals surface area (Å²) < 4.78 is 2.45. The third-order valence-electron chi connectivity index (χ3n) is 15.3. The van der Waals surface area contributed by atoms with Crippen LogP contribution in [0.15, 0.2) is 206 Å². The first kappa shape index (κ1) is 38.8. The maximum absolute atomic E-state index is 2.47. The van der Waals surface area contributed by atoms with Crippen molar-refractivity contribution < 1.29 is 0 Å². The first-order valence-electron chi connectivity index (χ1n) is 23.8. The third-order valence-corrected chi connectivity index (χ3v) is 15.3. The first-order chi connectivity index (χ1) is 31.7. The minimum absolute atomic E-state index is 0.0173. The van der Waals surface area contributed by atoms with E-state index in [1.54, 1.807) is 0 Å². The van der Waals surface area contributed by atoms with Gasteiger partial charge in [-0.05, 0) is 151 Å². The lowest BCUT2D eigenvalue weighted by Gasteiger charge is -2.40. The first-order valence-corrected chi connectivity index (χ1v) is 23.8. The second kappa shape index (κ2) is 16.4. The van der Waals surface area contributed by atoms with E-state index in [1.165, 1.54) is 113 Å². The molecule has 1 aromatic heterocycles. The van der Waals surface area contributed by atoms with E-state index in [1.807, 2.05) is 0 Å². The second-order valence-electron chi connectivity index (χ2n) is 18.8. The van der Waals surface area contributed by atoms with Gasteiger partial charge >= 0.3 is 0 Å². The molecule has 2 bridgehead atoms. The van der Waals surface area contributed by atoms with Crippen LogP contribution in [0.2, 0.25) is 0 Å². The molecule has 3 heteroatoms. The van der Waals surface area contributed by atoms with Crippen LogP contribution in [0.1, 0.15) is 80.4 Å². The van der Waals surface area contributed by atoms with E-state index in [0.29, 0.717) is 11.8 Å². The zero-order valence-electron chi connectivity index (χ0n) is 36.6. The van der Waals surface area contributed by atoms with Gasteiger partial charge in [-0.2, -0.15) is 0 Å². The normalized spacial score (nSPS) is 19.6. The molecule has 3 atom stereocenters. The number of benzene rings is 8. The van der Waals surface area contributed by atoms with Gasteiger partial charge in [0.25, 0.3) is 0 Å². The van der Waals surface area contributed by atoms with Gasteiger partial charge in [-0.3, -0.25) is 0 Å². The number of anilines is 6. The van der Waals surface area contributed by atoms with Crippen LogP contribution >= 0.6 is 0 Å². The average Bonchev–Trinajstić information content (AvgIpc) is 4.10. The highest BCUT2D eigenvalue weighted by atomic mass is 15.2. The maximum atomic E-state index is 2.47. The van der Waals surface area contributed by atoms with Gasteiger partial charge in [0.15, 0.2) is 0 Å². The van der Waals surface area contributed by atoms with E-state index < -0.39 is 0 Å². The van der Waals surface area contributed by atoms with Crippen molar-refractivity contribution in [2.45, 2.75) is 69.1 Å². The van der Waals surface area contributed by atoms with Crippen molar-refractivity contribution >= 4 is 55.9 Å². The summed E-state index contributed by atoms with van der Waals surface area (Å²) in [5.41, 5.74) is 15.0. The molecule has 12 rings (SSSR count). The predicted octanol–water partition coefficient (Wildman–Crippen LogP) is 16.9. The number of fused-ring (bicyclic) bond motifs is 5. The van der Waals surface area contributed by atoms with Gasteiger partial charge < -0.3 is 14.4 Å². The Bertz CT molecular complexity index is 3020. The lowest BCUT2D eigenvalue weighted by molar-refractivity contribution is 0.320. The molecule has 3 nitrogen and oxygen atoms in total. The Morgan fingerprint density at radius 3 is 1.56 bits per heavy atom. The summed E-state index contributed by atoms with van der Waals surface area (Å²) in [6.07, 6.45) is 11.9. The van der Waals surface area contributed by atoms with Crippen molar-refractivity contribution in [3.8, 4) is 5.69 Å². The topological polar surface area (TPSA) is 11.4 Å². The molecule has 8 aromatic carbocycles. The van der Waals surface area contributed by atoms with Crippen LogP contribution in [0, 0.1) is 11.8 Å². The van der Waals surface area contributed by atoms with E-state index >= 15 is 0 Å². The minimum atomic E-state index is -0.0173. The fourth-order valence-electron chi connectivity index (χ4n) is 12.4. The molecule has 0 aliphatic heterocycles. The zero-order valence-corrected chi connectivity index (χ0v) is 36.6. The zero-order chi connectivity index (χ0) is 42.5. The summed E-state index contributed by atoms with van der Waals surface area (Å²) in [5, 5.41) is 2.51. The largest absolute Gasteiger partial charge is 0.311 e. The molecular weight excluding hydrogens is 775 g/mol. The Labute approximate surface area is 378 Å². The summed E-state index contributed by atoms with van der Waals surface area (Å²) in [6.45, 7) is 0. The molecule has 3 fully saturated rings.